The predicted octanol–water partition coefficient (Wildman–Crippen LogP) is -8.95. The zero-order valence-corrected chi connectivity index (χ0v) is 32.3. The van der Waals surface area contributed by atoms with Crippen LogP contribution in [0.2, 0.25) is 0 Å². The molecule has 25 nitrogen and oxygen atoms in total. The summed E-state index contributed by atoms with van der Waals surface area (Å²) in [6.07, 6.45) is -42.5. The molecule has 5 rings (SSSR count). The molecule has 344 valence electrons. The van der Waals surface area contributed by atoms with Crippen LogP contribution in [0.25, 0.3) is 0 Å². The first-order valence-corrected chi connectivity index (χ1v) is 19.4. The van der Waals surface area contributed by atoms with E-state index in [0.29, 0.717) is 0 Å². The van der Waals surface area contributed by atoms with Gasteiger partial charge in [0.15, 0.2) is 31.5 Å². The van der Waals surface area contributed by atoms with E-state index < -0.39 is 179 Å². The summed E-state index contributed by atoms with van der Waals surface area (Å²) in [6, 6.07) is -1.60. The molecule has 25 heteroatoms. The third-order valence-electron chi connectivity index (χ3n) is 11.2. The van der Waals surface area contributed by atoms with Gasteiger partial charge in [-0.15, -0.1) is 0 Å². The standard InChI is InChI=1S/C34H59NO24/c1-4-10-16(40)21(45)23(47)32(52-10)58-28-25(49)30(50)51-14(8-38)26(28)56-34-29(59-33-24(48)22(46)17(41)11(5-2)53-33)27(19(43)13(7-37)55-34)57-31-15(35-9(3)39)20(44)18(42)12(6-36)54-31/h10-34,36-38,40-50H,4-8H2,1-3H3,(H,35,39). The fraction of sp³-hybridized carbons (Fsp3) is 0.971. The van der Waals surface area contributed by atoms with Crippen molar-refractivity contribution in [1.82, 2.24) is 5.32 Å². The van der Waals surface area contributed by atoms with E-state index in [2.05, 4.69) is 5.32 Å². The quantitative estimate of drug-likeness (QED) is 0.0771. The number of nitrogens with one attached hydrogen (secondary N) is 1. The Morgan fingerprint density at radius 1 is 0.441 bits per heavy atom. The summed E-state index contributed by atoms with van der Waals surface area (Å²) in [5.74, 6) is -0.744. The fourth-order valence-corrected chi connectivity index (χ4v) is 7.77. The van der Waals surface area contributed by atoms with Crippen LogP contribution in [0.3, 0.4) is 0 Å². The first-order valence-electron chi connectivity index (χ1n) is 19.4. The highest BCUT2D eigenvalue weighted by Crippen LogP contribution is 2.37. The van der Waals surface area contributed by atoms with Crippen molar-refractivity contribution in [3.63, 3.8) is 0 Å². The number of ether oxygens (including phenoxy) is 9. The van der Waals surface area contributed by atoms with Crippen molar-refractivity contribution < 1.29 is 119 Å². The van der Waals surface area contributed by atoms with Gasteiger partial charge < -0.3 is 119 Å². The van der Waals surface area contributed by atoms with Crippen molar-refractivity contribution in [2.75, 3.05) is 19.8 Å². The second-order valence-electron chi connectivity index (χ2n) is 15.1. The highest BCUT2D eigenvalue weighted by Gasteiger charge is 2.58. The molecule has 0 spiro atoms. The molecule has 59 heavy (non-hydrogen) atoms. The summed E-state index contributed by atoms with van der Waals surface area (Å²) >= 11 is 0. The molecule has 5 aliphatic rings. The average Bonchev–Trinajstić information content (AvgIpc) is 3.21. The SMILES string of the molecule is CCC1OC(OC2C(OC3C(CO)OC(O)C(O)C3OC3OC(CC)C(O)C(O)C3O)OC(CO)C(O)C2OC2OC(CO)C(O)C(O)C2NC(C)=O)C(O)C(O)C1O. The number of rotatable bonds is 14. The lowest BCUT2D eigenvalue weighted by atomic mass is 9.94. The fourth-order valence-electron chi connectivity index (χ4n) is 7.77. The topological polar surface area (TPSA) is 395 Å². The van der Waals surface area contributed by atoms with Gasteiger partial charge in [0.25, 0.3) is 0 Å². The van der Waals surface area contributed by atoms with Crippen LogP contribution in [-0.2, 0) is 47.4 Å². The predicted molar refractivity (Wildman–Crippen MR) is 185 cm³/mol. The van der Waals surface area contributed by atoms with Crippen LogP contribution in [0.1, 0.15) is 33.6 Å². The number of carbonyl (C=O) groups excluding carboxylic acids is 1. The maximum absolute atomic E-state index is 12.2. The van der Waals surface area contributed by atoms with E-state index in [0.717, 1.165) is 6.92 Å². The van der Waals surface area contributed by atoms with Crippen molar-refractivity contribution >= 4 is 5.91 Å². The van der Waals surface area contributed by atoms with E-state index in [1.54, 1.807) is 13.8 Å². The van der Waals surface area contributed by atoms with Gasteiger partial charge in [-0.05, 0) is 12.8 Å². The van der Waals surface area contributed by atoms with Gasteiger partial charge in [-0.3, -0.25) is 4.79 Å². The molecule has 5 saturated heterocycles. The Labute approximate surface area is 337 Å². The molecule has 25 unspecified atom stereocenters. The largest absolute Gasteiger partial charge is 0.394 e. The third kappa shape index (κ3) is 10.2. The summed E-state index contributed by atoms with van der Waals surface area (Å²) < 4.78 is 52.8. The molecule has 1 amide bonds. The lowest BCUT2D eigenvalue weighted by Crippen LogP contribution is -2.70. The number of hydrogen-bond donors (Lipinski definition) is 15. The second-order valence-corrected chi connectivity index (χ2v) is 15.1. The zero-order chi connectivity index (χ0) is 43.6. The smallest absolute Gasteiger partial charge is 0.217 e. The highest BCUT2D eigenvalue weighted by molar-refractivity contribution is 5.73. The Balaban J connectivity index is 1.56. The lowest BCUT2D eigenvalue weighted by molar-refractivity contribution is -0.409. The molecular formula is C34H59NO24. The molecule has 0 aromatic carbocycles. The van der Waals surface area contributed by atoms with Crippen molar-refractivity contribution in [3.8, 4) is 0 Å². The Morgan fingerprint density at radius 2 is 0.847 bits per heavy atom. The summed E-state index contributed by atoms with van der Waals surface area (Å²) in [4.78, 5) is 12.2. The monoisotopic (exact) mass is 865 g/mol. The van der Waals surface area contributed by atoms with Gasteiger partial charge >= 0.3 is 0 Å². The van der Waals surface area contributed by atoms with Gasteiger partial charge in [0, 0.05) is 6.92 Å². The summed E-state index contributed by atoms with van der Waals surface area (Å²) in [6.45, 7) is 1.43. The van der Waals surface area contributed by atoms with Crippen LogP contribution >= 0.6 is 0 Å². The Kier molecular flexibility index (Phi) is 17.1. The van der Waals surface area contributed by atoms with E-state index >= 15 is 0 Å². The van der Waals surface area contributed by atoms with Crippen molar-refractivity contribution in [3.05, 3.63) is 0 Å². The van der Waals surface area contributed by atoms with Gasteiger partial charge in [-0.1, -0.05) is 13.8 Å². The van der Waals surface area contributed by atoms with Crippen LogP contribution in [0.15, 0.2) is 0 Å². The third-order valence-corrected chi connectivity index (χ3v) is 11.2. The summed E-state index contributed by atoms with van der Waals surface area (Å²) in [5, 5.41) is 152. The normalized spacial score (nSPS) is 51.0. The Bertz CT molecular complexity index is 1320. The Morgan fingerprint density at radius 3 is 1.34 bits per heavy atom. The number of carbonyl (C=O) groups is 1. The molecule has 25 atom stereocenters. The van der Waals surface area contributed by atoms with Crippen LogP contribution in [-0.4, -0.2) is 251 Å². The van der Waals surface area contributed by atoms with Crippen LogP contribution in [0.4, 0.5) is 0 Å². The summed E-state index contributed by atoms with van der Waals surface area (Å²) in [7, 11) is 0. The van der Waals surface area contributed by atoms with E-state index in [-0.39, 0.29) is 12.8 Å². The number of aliphatic hydroxyl groups is 14. The van der Waals surface area contributed by atoms with Gasteiger partial charge in [0.1, 0.15) is 110 Å². The van der Waals surface area contributed by atoms with Gasteiger partial charge in [-0.25, -0.2) is 0 Å². The molecule has 0 bridgehead atoms. The van der Waals surface area contributed by atoms with Crippen LogP contribution in [0.5, 0.6) is 0 Å². The molecule has 0 saturated carbocycles. The zero-order valence-electron chi connectivity index (χ0n) is 32.3. The number of amides is 1. The molecule has 0 aromatic rings. The van der Waals surface area contributed by atoms with E-state index in [1.165, 1.54) is 0 Å². The van der Waals surface area contributed by atoms with Gasteiger partial charge in [0.05, 0.1) is 32.0 Å². The van der Waals surface area contributed by atoms with E-state index in [4.69, 9.17) is 42.6 Å². The lowest BCUT2D eigenvalue weighted by Gasteiger charge is -2.51. The van der Waals surface area contributed by atoms with Crippen LogP contribution < -0.4 is 5.32 Å². The molecule has 5 heterocycles. The van der Waals surface area contributed by atoms with Crippen molar-refractivity contribution in [1.29, 1.82) is 0 Å². The Hall–Kier alpha value is -1.45. The minimum absolute atomic E-state index is 0.0780. The molecule has 0 radical (unpaired) electrons. The molecule has 5 aliphatic heterocycles. The molecular weight excluding hydrogens is 806 g/mol. The van der Waals surface area contributed by atoms with Crippen molar-refractivity contribution in [2.24, 2.45) is 0 Å². The minimum Gasteiger partial charge on any atom is -0.394 e. The van der Waals surface area contributed by atoms with Gasteiger partial charge in [-0.2, -0.15) is 0 Å². The summed E-state index contributed by atoms with van der Waals surface area (Å²) in [5.41, 5.74) is 0. The van der Waals surface area contributed by atoms with Gasteiger partial charge in [0.2, 0.25) is 5.91 Å². The highest BCUT2D eigenvalue weighted by atomic mass is 16.8. The maximum atomic E-state index is 12.2. The molecule has 5 fully saturated rings. The first kappa shape index (κ1) is 48.6. The minimum atomic E-state index is -2.07. The van der Waals surface area contributed by atoms with Crippen molar-refractivity contribution in [2.45, 2.75) is 187 Å². The average molecular weight is 866 g/mol. The molecule has 0 aromatic heterocycles. The van der Waals surface area contributed by atoms with Crippen LogP contribution in [0, 0.1) is 0 Å². The number of aliphatic hydroxyl groups excluding tert-OH is 14. The number of hydrogen-bond acceptors (Lipinski definition) is 24. The van der Waals surface area contributed by atoms with E-state index in [9.17, 15) is 76.3 Å². The first-order chi connectivity index (χ1) is 27.9. The molecule has 15 N–H and O–H groups in total. The molecule has 0 aliphatic carbocycles. The second kappa shape index (κ2) is 20.8. The maximum Gasteiger partial charge on any atom is 0.217 e. The van der Waals surface area contributed by atoms with E-state index in [1.807, 2.05) is 0 Å².